The molecule has 0 saturated carbocycles. The number of carbonyl (C=O) groups is 1. The number of fused-ring (bicyclic) bond motifs is 1. The molecule has 0 amide bonds. The molecular formula is C19H25O7PS. The number of rotatable bonds is 9. The molecule has 0 aliphatic rings. The predicted octanol–water partition coefficient (Wildman–Crippen LogP) is 4.44. The van der Waals surface area contributed by atoms with Crippen LogP contribution in [0.2, 0.25) is 0 Å². The fourth-order valence-corrected chi connectivity index (χ4v) is 4.90. The fraction of sp³-hybridized carbons (Fsp3) is 0.474. The molecule has 1 atom stereocenters. The highest BCUT2D eigenvalue weighted by Gasteiger charge is 2.25. The zero-order valence-corrected chi connectivity index (χ0v) is 18.4. The van der Waals surface area contributed by atoms with Crippen molar-refractivity contribution >= 4 is 35.5 Å². The van der Waals surface area contributed by atoms with E-state index < -0.39 is 24.2 Å². The van der Waals surface area contributed by atoms with Gasteiger partial charge in [0, 0.05) is 23.3 Å². The molecule has 0 bridgehead atoms. The summed E-state index contributed by atoms with van der Waals surface area (Å²) >= 11 is 5.37. The average molecular weight is 428 g/mol. The van der Waals surface area contributed by atoms with Crippen LogP contribution in [0, 0.1) is 6.92 Å². The van der Waals surface area contributed by atoms with E-state index in [0.29, 0.717) is 35.5 Å². The summed E-state index contributed by atoms with van der Waals surface area (Å²) in [6, 6.07) is 5.02. The van der Waals surface area contributed by atoms with Crippen molar-refractivity contribution in [1.29, 1.82) is 0 Å². The highest BCUT2D eigenvalue weighted by atomic mass is 32.5. The lowest BCUT2D eigenvalue weighted by Gasteiger charge is -2.21. The molecule has 9 heteroatoms. The number of aryl methyl sites for hydroxylation is 1. The first kappa shape index (κ1) is 22.6. The minimum absolute atomic E-state index is 0.243. The van der Waals surface area contributed by atoms with Crippen molar-refractivity contribution in [3.63, 3.8) is 0 Å². The first-order chi connectivity index (χ1) is 13.3. The highest BCUT2D eigenvalue weighted by Crippen LogP contribution is 2.50. The molecule has 2 rings (SSSR count). The molecule has 1 aromatic carbocycles. The largest absolute Gasteiger partial charge is 0.466 e. The number of ether oxygens (including phenoxy) is 1. The number of carbonyl (C=O) groups excluding carboxylic acids is 1. The summed E-state index contributed by atoms with van der Waals surface area (Å²) in [5.41, 5.74) is 0.687. The Labute approximate surface area is 169 Å². The Morgan fingerprint density at radius 3 is 2.39 bits per heavy atom. The molecule has 1 heterocycles. The zero-order chi connectivity index (χ0) is 20.9. The van der Waals surface area contributed by atoms with Gasteiger partial charge in [-0.25, -0.2) is 4.79 Å². The summed E-state index contributed by atoms with van der Waals surface area (Å²) in [4.78, 5) is 24.6. The maximum atomic E-state index is 12.5. The van der Waals surface area contributed by atoms with Crippen molar-refractivity contribution in [2.24, 2.45) is 0 Å². The molecule has 0 saturated heterocycles. The van der Waals surface area contributed by atoms with Gasteiger partial charge in [0.05, 0.1) is 31.3 Å². The van der Waals surface area contributed by atoms with Gasteiger partial charge < -0.3 is 13.7 Å². The van der Waals surface area contributed by atoms with Crippen LogP contribution in [-0.2, 0) is 30.4 Å². The van der Waals surface area contributed by atoms with Crippen molar-refractivity contribution in [2.45, 2.75) is 40.5 Å². The van der Waals surface area contributed by atoms with Gasteiger partial charge in [0.15, 0.2) is 0 Å². The third-order valence-corrected chi connectivity index (χ3v) is 6.49. The highest BCUT2D eigenvalue weighted by molar-refractivity contribution is 8.07. The lowest BCUT2D eigenvalue weighted by Crippen LogP contribution is -2.21. The SMILES string of the molecule is CCOC(=O)C(C)c1c(C)c2ccc(OP(=S)(OCC)OCC)cc2oc1=O. The van der Waals surface area contributed by atoms with Gasteiger partial charge in [-0.3, -0.25) is 13.8 Å². The average Bonchev–Trinajstić information content (AvgIpc) is 2.61. The van der Waals surface area contributed by atoms with E-state index in [1.807, 2.05) is 0 Å². The standard InChI is InChI=1S/C19H25O7PS/c1-6-22-18(20)13(5)17-12(4)15-10-9-14(11-16(15)25-19(17)21)26-27(28,23-7-2)24-8-3/h9-11,13H,6-8H2,1-5H3. The van der Waals surface area contributed by atoms with E-state index in [4.69, 9.17) is 34.5 Å². The fourth-order valence-electron chi connectivity index (χ4n) is 2.83. The van der Waals surface area contributed by atoms with Gasteiger partial charge in [0.25, 0.3) is 0 Å². The van der Waals surface area contributed by atoms with Crippen LogP contribution in [0.3, 0.4) is 0 Å². The maximum Gasteiger partial charge on any atom is 0.380 e. The van der Waals surface area contributed by atoms with Crippen molar-refractivity contribution < 1.29 is 27.5 Å². The Hall–Kier alpha value is -1.73. The van der Waals surface area contributed by atoms with Crippen molar-refractivity contribution in [1.82, 2.24) is 0 Å². The topological polar surface area (TPSA) is 84.2 Å². The third-order valence-electron chi connectivity index (χ3n) is 4.05. The zero-order valence-electron chi connectivity index (χ0n) is 16.6. The predicted molar refractivity (Wildman–Crippen MR) is 110 cm³/mol. The van der Waals surface area contributed by atoms with E-state index in [9.17, 15) is 9.59 Å². The van der Waals surface area contributed by atoms with Crippen molar-refractivity contribution in [2.75, 3.05) is 19.8 Å². The molecule has 28 heavy (non-hydrogen) atoms. The molecular weight excluding hydrogens is 403 g/mol. The molecule has 154 valence electrons. The Bertz CT molecular complexity index is 943. The van der Waals surface area contributed by atoms with Gasteiger partial charge in [0.1, 0.15) is 11.3 Å². The van der Waals surface area contributed by atoms with Gasteiger partial charge in [-0.2, -0.15) is 0 Å². The molecule has 0 aliphatic carbocycles. The van der Waals surface area contributed by atoms with Crippen LogP contribution >= 0.6 is 6.72 Å². The normalized spacial score (nSPS) is 12.8. The molecule has 7 nitrogen and oxygen atoms in total. The number of hydrogen-bond donors (Lipinski definition) is 0. The molecule has 0 radical (unpaired) electrons. The molecule has 2 aromatic rings. The summed E-state index contributed by atoms with van der Waals surface area (Å²) in [5, 5.41) is 0.694. The van der Waals surface area contributed by atoms with Crippen LogP contribution in [-0.4, -0.2) is 25.8 Å². The number of benzene rings is 1. The number of esters is 1. The van der Waals surface area contributed by atoms with E-state index in [1.54, 1.807) is 52.8 Å². The second-order valence-corrected chi connectivity index (χ2v) is 8.87. The smallest absolute Gasteiger partial charge is 0.380 e. The van der Waals surface area contributed by atoms with Gasteiger partial charge in [0.2, 0.25) is 0 Å². The number of hydrogen-bond acceptors (Lipinski definition) is 8. The summed E-state index contributed by atoms with van der Waals surface area (Å²) in [6.45, 7) is 6.74. The summed E-state index contributed by atoms with van der Waals surface area (Å²) < 4.78 is 27.2. The molecule has 0 spiro atoms. The van der Waals surface area contributed by atoms with Crippen LogP contribution in [0.4, 0.5) is 0 Å². The van der Waals surface area contributed by atoms with Gasteiger partial charge in [-0.15, -0.1) is 0 Å². The second kappa shape index (κ2) is 9.65. The first-order valence-corrected chi connectivity index (χ1v) is 11.6. The van der Waals surface area contributed by atoms with E-state index in [0.717, 1.165) is 0 Å². The van der Waals surface area contributed by atoms with Crippen molar-refractivity contribution in [3.05, 3.63) is 39.7 Å². The summed E-state index contributed by atoms with van der Waals surface area (Å²) in [5.74, 6) is -0.809. The molecule has 0 N–H and O–H groups in total. The quantitative estimate of drug-likeness (QED) is 0.329. The van der Waals surface area contributed by atoms with Crippen LogP contribution in [0.1, 0.15) is 44.7 Å². The van der Waals surface area contributed by atoms with Crippen LogP contribution in [0.5, 0.6) is 5.75 Å². The minimum Gasteiger partial charge on any atom is -0.466 e. The van der Waals surface area contributed by atoms with Crippen LogP contribution in [0.15, 0.2) is 27.4 Å². The Balaban J connectivity index is 2.46. The summed E-state index contributed by atoms with van der Waals surface area (Å²) in [7, 11) is 0. The third kappa shape index (κ3) is 5.00. The molecule has 0 fully saturated rings. The lowest BCUT2D eigenvalue weighted by molar-refractivity contribution is -0.144. The van der Waals surface area contributed by atoms with E-state index >= 15 is 0 Å². The van der Waals surface area contributed by atoms with Gasteiger partial charge in [-0.1, -0.05) is 0 Å². The Morgan fingerprint density at radius 1 is 1.18 bits per heavy atom. The minimum atomic E-state index is -2.94. The maximum absolute atomic E-state index is 12.5. The van der Waals surface area contributed by atoms with Crippen LogP contribution < -0.4 is 10.1 Å². The van der Waals surface area contributed by atoms with Gasteiger partial charge >= 0.3 is 18.3 Å². The van der Waals surface area contributed by atoms with E-state index in [1.165, 1.54) is 0 Å². The van der Waals surface area contributed by atoms with Gasteiger partial charge in [-0.05, 0) is 52.3 Å². The van der Waals surface area contributed by atoms with E-state index in [2.05, 4.69) is 0 Å². The Morgan fingerprint density at radius 2 is 1.82 bits per heavy atom. The van der Waals surface area contributed by atoms with Crippen LogP contribution in [0.25, 0.3) is 11.0 Å². The van der Waals surface area contributed by atoms with E-state index in [-0.39, 0.29) is 12.2 Å². The molecule has 1 aromatic heterocycles. The lowest BCUT2D eigenvalue weighted by atomic mass is 9.96. The molecule has 1 unspecified atom stereocenters. The monoisotopic (exact) mass is 428 g/mol. The summed E-state index contributed by atoms with van der Waals surface area (Å²) in [6.07, 6.45) is 0. The Kier molecular flexibility index (Phi) is 7.78. The van der Waals surface area contributed by atoms with Crippen molar-refractivity contribution in [3.8, 4) is 5.75 Å². The molecule has 0 aliphatic heterocycles. The first-order valence-electron chi connectivity index (χ1n) is 9.09. The second-order valence-electron chi connectivity index (χ2n) is 5.93.